The summed E-state index contributed by atoms with van der Waals surface area (Å²) in [5, 5.41) is 4.71. The van der Waals surface area contributed by atoms with E-state index in [1.807, 2.05) is 36.4 Å². The number of benzene rings is 10. The fourth-order valence-corrected chi connectivity index (χ4v) is 12.6. The van der Waals surface area contributed by atoms with Crippen molar-refractivity contribution in [3.8, 4) is 79.2 Å². The van der Waals surface area contributed by atoms with Gasteiger partial charge in [0.15, 0.2) is 11.6 Å². The topological polar surface area (TPSA) is 64.7 Å². The molecule has 0 saturated heterocycles. The molecule has 1 aliphatic carbocycles. The summed E-state index contributed by atoms with van der Waals surface area (Å²) in [5.74, 6) is 1.49. The molecule has 0 N–H and O–H groups in total. The molecule has 0 radical (unpaired) electrons. The van der Waals surface area contributed by atoms with E-state index in [4.69, 9.17) is 19.9 Å². The van der Waals surface area contributed by atoms with E-state index in [9.17, 15) is 0 Å². The third-order valence-electron chi connectivity index (χ3n) is 16.3. The Morgan fingerprint density at radius 1 is 0.296 bits per heavy atom. The third-order valence-corrected chi connectivity index (χ3v) is 16.3. The van der Waals surface area contributed by atoms with Gasteiger partial charge >= 0.3 is 0 Å². The van der Waals surface area contributed by atoms with E-state index in [1.165, 1.54) is 22.0 Å². The largest absolute Gasteiger partial charge is 0.333 e. The highest BCUT2D eigenvalue weighted by atomic mass is 15.2. The summed E-state index contributed by atoms with van der Waals surface area (Å²) in [7, 11) is 0. The second-order valence-corrected chi connectivity index (χ2v) is 20.9. The van der Waals surface area contributed by atoms with E-state index in [0.29, 0.717) is 11.6 Å². The predicted molar refractivity (Wildman–Crippen MR) is 332 cm³/mol. The van der Waals surface area contributed by atoms with Gasteiger partial charge < -0.3 is 14.0 Å². The lowest BCUT2D eigenvalue weighted by atomic mass is 9.91. The zero-order valence-electron chi connectivity index (χ0n) is 43.9. The molecular weight excluding hydrogens is 987 g/mol. The van der Waals surface area contributed by atoms with Crippen molar-refractivity contribution in [1.29, 1.82) is 0 Å². The molecular formula is C74H49N7. The fraction of sp³-hybridized carbons (Fsp3) is 0.0270. The first-order valence-electron chi connectivity index (χ1n) is 27.6. The number of hydrogen-bond acceptors (Lipinski definition) is 5. The van der Waals surface area contributed by atoms with Crippen LogP contribution in [0.1, 0.15) is 11.5 Å². The summed E-state index contributed by atoms with van der Waals surface area (Å²) >= 11 is 0. The van der Waals surface area contributed by atoms with Crippen molar-refractivity contribution in [2.45, 2.75) is 12.0 Å². The lowest BCUT2D eigenvalue weighted by Crippen LogP contribution is -2.28. The molecule has 2 unspecified atom stereocenters. The Morgan fingerprint density at radius 3 is 1.37 bits per heavy atom. The van der Waals surface area contributed by atoms with Crippen LogP contribution < -0.4 is 4.90 Å². The minimum absolute atomic E-state index is 0.143. The zero-order chi connectivity index (χ0) is 53.4. The first-order chi connectivity index (χ1) is 40.2. The molecule has 5 heterocycles. The van der Waals surface area contributed by atoms with Gasteiger partial charge in [0.2, 0.25) is 0 Å². The molecule has 16 rings (SSSR count). The number of fused-ring (bicyclic) bond motifs is 9. The molecule has 10 aromatic carbocycles. The van der Waals surface area contributed by atoms with Crippen molar-refractivity contribution in [3.05, 3.63) is 291 Å². The van der Waals surface area contributed by atoms with E-state index in [1.54, 1.807) is 0 Å². The summed E-state index contributed by atoms with van der Waals surface area (Å²) in [6.07, 6.45) is 9.08. The molecule has 0 bridgehead atoms. The zero-order valence-corrected chi connectivity index (χ0v) is 43.9. The maximum Gasteiger partial charge on any atom is 0.162 e. The normalized spacial score (nSPS) is 14.5. The Labute approximate surface area is 468 Å². The Hall–Kier alpha value is -10.8. The quantitative estimate of drug-likeness (QED) is 0.144. The number of rotatable bonds is 9. The van der Waals surface area contributed by atoms with Gasteiger partial charge in [0.1, 0.15) is 0 Å². The van der Waals surface area contributed by atoms with Crippen LogP contribution in [0.15, 0.2) is 285 Å². The van der Waals surface area contributed by atoms with Crippen molar-refractivity contribution >= 4 is 55.0 Å². The molecule has 0 fully saturated rings. The smallest absolute Gasteiger partial charge is 0.162 e. The minimum atomic E-state index is 0.143. The van der Waals surface area contributed by atoms with Crippen LogP contribution in [0.2, 0.25) is 0 Å². The Balaban J connectivity index is 0.980. The standard InChI is InChI=1S/C74H49N7/c1-5-21-48(22-6-1)62-47-65(76-73(75-62)51-27-11-4-12-28-51)52-37-40-72(61(43-52)74-77-63(49-23-7-2-8-24-49)46-64(78-74)50-25-9-3-10-26-50)81-70-41-38-53(79-66-33-17-13-29-55(66)56-30-14-18-34-67(56)79)44-59(70)60-45-54(39-42-71(60)81)80-68-35-19-15-31-57(68)58-32-16-20-36-69(58)80/h1-47,55,66H. The molecule has 2 atom stereocenters. The average Bonchev–Trinajstić information content (AvgIpc) is 4.25. The van der Waals surface area contributed by atoms with Crippen LogP contribution in [0.25, 0.3) is 123 Å². The molecule has 81 heavy (non-hydrogen) atoms. The van der Waals surface area contributed by atoms with E-state index in [0.717, 1.165) is 106 Å². The van der Waals surface area contributed by atoms with Gasteiger partial charge in [-0.25, -0.2) is 19.9 Å². The van der Waals surface area contributed by atoms with Crippen LogP contribution in [0.3, 0.4) is 0 Å². The van der Waals surface area contributed by atoms with E-state index in [-0.39, 0.29) is 12.0 Å². The number of allylic oxidation sites excluding steroid dienone is 2. The number of anilines is 2. The molecule has 14 aromatic rings. The second-order valence-electron chi connectivity index (χ2n) is 20.9. The second kappa shape index (κ2) is 19.0. The van der Waals surface area contributed by atoms with Gasteiger partial charge in [-0.15, -0.1) is 0 Å². The van der Waals surface area contributed by atoms with Gasteiger partial charge in [-0.05, 0) is 84.4 Å². The first-order valence-corrected chi connectivity index (χ1v) is 27.6. The van der Waals surface area contributed by atoms with Crippen LogP contribution in [0.5, 0.6) is 0 Å². The lowest BCUT2D eigenvalue weighted by Gasteiger charge is -2.28. The molecule has 4 aromatic heterocycles. The molecule has 7 heteroatoms. The predicted octanol–water partition coefficient (Wildman–Crippen LogP) is 18.2. The summed E-state index contributed by atoms with van der Waals surface area (Å²) in [6, 6.07) is 92.9. The summed E-state index contributed by atoms with van der Waals surface area (Å²) < 4.78 is 4.85. The average molecular weight is 1040 g/mol. The molecule has 0 amide bonds. The van der Waals surface area contributed by atoms with Crippen molar-refractivity contribution < 1.29 is 0 Å². The van der Waals surface area contributed by atoms with Crippen molar-refractivity contribution in [2.24, 2.45) is 0 Å². The monoisotopic (exact) mass is 1040 g/mol. The van der Waals surface area contributed by atoms with Crippen LogP contribution in [-0.4, -0.2) is 35.1 Å². The highest BCUT2D eigenvalue weighted by Gasteiger charge is 2.37. The highest BCUT2D eigenvalue weighted by molar-refractivity contribution is 6.13. The van der Waals surface area contributed by atoms with Crippen molar-refractivity contribution in [2.75, 3.05) is 4.90 Å². The lowest BCUT2D eigenvalue weighted by molar-refractivity contribution is 0.745. The maximum atomic E-state index is 5.55. The number of nitrogens with zero attached hydrogens (tertiary/aromatic N) is 7. The molecule has 1 aliphatic heterocycles. The van der Waals surface area contributed by atoms with Crippen LogP contribution in [0.4, 0.5) is 11.4 Å². The van der Waals surface area contributed by atoms with Gasteiger partial charge in [-0.3, -0.25) is 0 Å². The fourth-order valence-electron chi connectivity index (χ4n) is 12.6. The number of para-hydroxylation sites is 3. The number of aromatic nitrogens is 6. The molecule has 0 saturated carbocycles. The Morgan fingerprint density at radius 2 is 0.765 bits per heavy atom. The van der Waals surface area contributed by atoms with Crippen LogP contribution in [-0.2, 0) is 0 Å². The first kappa shape index (κ1) is 46.3. The minimum Gasteiger partial charge on any atom is -0.333 e. The highest BCUT2D eigenvalue weighted by Crippen LogP contribution is 2.49. The van der Waals surface area contributed by atoms with Crippen molar-refractivity contribution in [1.82, 2.24) is 29.1 Å². The van der Waals surface area contributed by atoms with Crippen LogP contribution >= 0.6 is 0 Å². The molecule has 2 aliphatic rings. The van der Waals surface area contributed by atoms with Crippen molar-refractivity contribution in [3.63, 3.8) is 0 Å². The van der Waals surface area contributed by atoms with Gasteiger partial charge in [0.25, 0.3) is 0 Å². The van der Waals surface area contributed by atoms with Gasteiger partial charge in [0.05, 0.1) is 56.6 Å². The van der Waals surface area contributed by atoms with E-state index < -0.39 is 0 Å². The number of hydrogen-bond donors (Lipinski definition) is 0. The van der Waals surface area contributed by atoms with E-state index >= 15 is 0 Å². The van der Waals surface area contributed by atoms with Gasteiger partial charge in [-0.2, -0.15) is 0 Å². The third kappa shape index (κ3) is 7.81. The maximum absolute atomic E-state index is 5.55. The van der Waals surface area contributed by atoms with Gasteiger partial charge in [0, 0.05) is 77.9 Å². The van der Waals surface area contributed by atoms with Crippen LogP contribution in [0, 0.1) is 0 Å². The summed E-state index contributed by atoms with van der Waals surface area (Å²) in [6.45, 7) is 0. The summed E-state index contributed by atoms with van der Waals surface area (Å²) in [5.41, 5.74) is 19.2. The summed E-state index contributed by atoms with van der Waals surface area (Å²) in [4.78, 5) is 24.2. The molecule has 0 spiro atoms. The Bertz CT molecular complexity index is 4660. The SMILES string of the molecule is C1=CC2c3ccccc3N(c3ccc4c(c3)c3cc(-n5c6ccccc6c6ccccc65)ccc3n4-c3ccc(-c4cc(-c5ccccc5)nc(-c5ccccc5)n4)cc3-c3nc(-c4ccccc4)cc(-c4ccccc4)n3)C2C=C1. The molecule has 7 nitrogen and oxygen atoms in total. The molecule has 380 valence electrons. The van der Waals surface area contributed by atoms with E-state index in [2.05, 4.69) is 263 Å². The van der Waals surface area contributed by atoms with Gasteiger partial charge in [-0.1, -0.05) is 206 Å². The Kier molecular flexibility index (Phi) is 10.9.